The molecular weight excluding hydrogens is 357 g/mol. The lowest BCUT2D eigenvalue weighted by molar-refractivity contribution is 0.0949. The SMILES string of the molecule is CN(C)c1ccc(Nc2cc(C(=O)NCCc3ccc(F)cc3)ncn2)cc1. The van der Waals surface area contributed by atoms with E-state index < -0.39 is 0 Å². The highest BCUT2D eigenvalue weighted by molar-refractivity contribution is 5.92. The number of halogens is 1. The summed E-state index contributed by atoms with van der Waals surface area (Å²) in [4.78, 5) is 22.5. The Morgan fingerprint density at radius 2 is 1.75 bits per heavy atom. The quantitative estimate of drug-likeness (QED) is 0.658. The van der Waals surface area contributed by atoms with Crippen molar-refractivity contribution in [2.75, 3.05) is 30.9 Å². The molecule has 6 nitrogen and oxygen atoms in total. The van der Waals surface area contributed by atoms with Crippen LogP contribution in [0.5, 0.6) is 0 Å². The molecule has 1 heterocycles. The fourth-order valence-corrected chi connectivity index (χ4v) is 2.60. The van der Waals surface area contributed by atoms with E-state index in [-0.39, 0.29) is 17.4 Å². The Kier molecular flexibility index (Phi) is 6.16. The van der Waals surface area contributed by atoms with Gasteiger partial charge < -0.3 is 15.5 Å². The predicted octanol–water partition coefficient (Wildman–Crippen LogP) is 3.40. The van der Waals surface area contributed by atoms with Crippen molar-refractivity contribution in [2.45, 2.75) is 6.42 Å². The molecule has 0 aliphatic heterocycles. The van der Waals surface area contributed by atoms with Gasteiger partial charge in [-0.15, -0.1) is 0 Å². The number of amides is 1. The Hall–Kier alpha value is -3.48. The van der Waals surface area contributed by atoms with Crippen molar-refractivity contribution in [2.24, 2.45) is 0 Å². The highest BCUT2D eigenvalue weighted by Crippen LogP contribution is 2.19. The second kappa shape index (κ2) is 8.94. The molecule has 1 aromatic heterocycles. The fourth-order valence-electron chi connectivity index (χ4n) is 2.60. The van der Waals surface area contributed by atoms with Crippen LogP contribution in [0.1, 0.15) is 16.1 Å². The smallest absolute Gasteiger partial charge is 0.270 e. The number of nitrogens with one attached hydrogen (secondary N) is 2. The van der Waals surface area contributed by atoms with Gasteiger partial charge in [-0.3, -0.25) is 4.79 Å². The van der Waals surface area contributed by atoms with Crippen LogP contribution in [0.3, 0.4) is 0 Å². The van der Waals surface area contributed by atoms with Gasteiger partial charge in [0.15, 0.2) is 0 Å². The van der Waals surface area contributed by atoms with E-state index in [1.807, 2.05) is 43.3 Å². The summed E-state index contributed by atoms with van der Waals surface area (Å²) in [5, 5.41) is 5.98. The monoisotopic (exact) mass is 379 g/mol. The summed E-state index contributed by atoms with van der Waals surface area (Å²) in [5.74, 6) is -0.0167. The van der Waals surface area contributed by atoms with E-state index in [9.17, 15) is 9.18 Å². The molecular formula is C21H22FN5O. The van der Waals surface area contributed by atoms with Crippen LogP contribution in [0.25, 0.3) is 0 Å². The molecule has 144 valence electrons. The van der Waals surface area contributed by atoms with Crippen molar-refractivity contribution in [1.29, 1.82) is 0 Å². The van der Waals surface area contributed by atoms with Crippen LogP contribution in [0.4, 0.5) is 21.6 Å². The molecule has 0 radical (unpaired) electrons. The van der Waals surface area contributed by atoms with E-state index in [1.165, 1.54) is 18.5 Å². The molecule has 0 unspecified atom stereocenters. The minimum absolute atomic E-state index is 0.273. The number of aromatic nitrogens is 2. The Morgan fingerprint density at radius 1 is 1.04 bits per heavy atom. The third kappa shape index (κ3) is 5.26. The third-order valence-electron chi connectivity index (χ3n) is 4.17. The molecule has 0 atom stereocenters. The third-order valence-corrected chi connectivity index (χ3v) is 4.17. The largest absolute Gasteiger partial charge is 0.378 e. The normalized spacial score (nSPS) is 10.4. The summed E-state index contributed by atoms with van der Waals surface area (Å²) >= 11 is 0. The van der Waals surface area contributed by atoms with Gasteiger partial charge in [-0.25, -0.2) is 14.4 Å². The zero-order valence-electron chi connectivity index (χ0n) is 15.8. The van der Waals surface area contributed by atoms with Crippen molar-refractivity contribution < 1.29 is 9.18 Å². The van der Waals surface area contributed by atoms with Crippen LogP contribution in [-0.4, -0.2) is 36.5 Å². The number of carbonyl (C=O) groups excluding carboxylic acids is 1. The first-order valence-electron chi connectivity index (χ1n) is 8.90. The van der Waals surface area contributed by atoms with E-state index in [2.05, 4.69) is 20.6 Å². The molecule has 2 aromatic carbocycles. The number of carbonyl (C=O) groups is 1. The maximum atomic E-state index is 12.9. The fraction of sp³-hybridized carbons (Fsp3) is 0.190. The van der Waals surface area contributed by atoms with Crippen LogP contribution in [0.15, 0.2) is 60.9 Å². The van der Waals surface area contributed by atoms with Gasteiger partial charge in [0.25, 0.3) is 5.91 Å². The minimum Gasteiger partial charge on any atom is -0.378 e. The van der Waals surface area contributed by atoms with Crippen molar-refractivity contribution in [3.63, 3.8) is 0 Å². The molecule has 0 fully saturated rings. The second-order valence-corrected chi connectivity index (χ2v) is 6.49. The number of anilines is 3. The number of rotatable bonds is 7. The summed E-state index contributed by atoms with van der Waals surface area (Å²) in [7, 11) is 3.96. The second-order valence-electron chi connectivity index (χ2n) is 6.49. The molecule has 1 amide bonds. The molecule has 0 aliphatic carbocycles. The molecule has 0 saturated carbocycles. The molecule has 2 N–H and O–H groups in total. The molecule has 28 heavy (non-hydrogen) atoms. The maximum absolute atomic E-state index is 12.9. The van der Waals surface area contributed by atoms with Gasteiger partial charge >= 0.3 is 0 Å². The highest BCUT2D eigenvalue weighted by atomic mass is 19.1. The summed E-state index contributed by atoms with van der Waals surface area (Å²) in [6.07, 6.45) is 1.96. The van der Waals surface area contributed by atoms with Gasteiger partial charge in [0, 0.05) is 38.1 Å². The highest BCUT2D eigenvalue weighted by Gasteiger charge is 2.09. The minimum atomic E-state index is -0.282. The standard InChI is InChI=1S/C21H22FN5O/c1-27(2)18-9-7-17(8-10-18)26-20-13-19(24-14-25-20)21(28)23-12-11-15-3-5-16(22)6-4-15/h3-10,13-14H,11-12H2,1-2H3,(H,23,28)(H,24,25,26). The lowest BCUT2D eigenvalue weighted by Crippen LogP contribution is -2.26. The van der Waals surface area contributed by atoms with Gasteiger partial charge in [0.1, 0.15) is 23.7 Å². The van der Waals surface area contributed by atoms with E-state index in [4.69, 9.17) is 0 Å². The number of hydrogen-bond donors (Lipinski definition) is 2. The average Bonchev–Trinajstić information content (AvgIpc) is 2.70. The molecule has 0 saturated heterocycles. The van der Waals surface area contributed by atoms with E-state index in [1.54, 1.807) is 18.2 Å². The van der Waals surface area contributed by atoms with E-state index in [0.717, 1.165) is 16.9 Å². The van der Waals surface area contributed by atoms with Crippen molar-refractivity contribution >= 4 is 23.1 Å². The Labute approximate surface area is 163 Å². The summed E-state index contributed by atoms with van der Waals surface area (Å²) in [6, 6.07) is 15.7. The van der Waals surface area contributed by atoms with Crippen molar-refractivity contribution in [3.05, 3.63) is 78.0 Å². The van der Waals surface area contributed by atoms with Crippen LogP contribution < -0.4 is 15.5 Å². The van der Waals surface area contributed by atoms with Crippen LogP contribution in [-0.2, 0) is 6.42 Å². The van der Waals surface area contributed by atoms with Gasteiger partial charge in [-0.2, -0.15) is 0 Å². The Morgan fingerprint density at radius 3 is 2.43 bits per heavy atom. The summed E-state index contributed by atoms with van der Waals surface area (Å²) in [5.41, 5.74) is 3.19. The molecule has 3 aromatic rings. The van der Waals surface area contributed by atoms with E-state index in [0.29, 0.717) is 18.8 Å². The zero-order valence-corrected chi connectivity index (χ0v) is 15.8. The van der Waals surface area contributed by atoms with Gasteiger partial charge in [0.05, 0.1) is 0 Å². The lowest BCUT2D eigenvalue weighted by atomic mass is 10.1. The van der Waals surface area contributed by atoms with Crippen molar-refractivity contribution in [1.82, 2.24) is 15.3 Å². The van der Waals surface area contributed by atoms with Gasteiger partial charge in [-0.1, -0.05) is 12.1 Å². The zero-order chi connectivity index (χ0) is 19.9. The van der Waals surface area contributed by atoms with Gasteiger partial charge in [-0.05, 0) is 48.4 Å². The average molecular weight is 379 g/mol. The molecule has 7 heteroatoms. The molecule has 3 rings (SSSR count). The topological polar surface area (TPSA) is 70.2 Å². The summed E-state index contributed by atoms with van der Waals surface area (Å²) in [6.45, 7) is 0.434. The molecule has 0 aliphatic rings. The maximum Gasteiger partial charge on any atom is 0.270 e. The first-order valence-corrected chi connectivity index (χ1v) is 8.90. The Balaban J connectivity index is 1.57. The summed E-state index contributed by atoms with van der Waals surface area (Å²) < 4.78 is 12.9. The van der Waals surface area contributed by atoms with Crippen LogP contribution in [0, 0.1) is 5.82 Å². The van der Waals surface area contributed by atoms with Crippen LogP contribution in [0.2, 0.25) is 0 Å². The molecule has 0 spiro atoms. The van der Waals surface area contributed by atoms with E-state index >= 15 is 0 Å². The Bertz CT molecular complexity index is 926. The van der Waals surface area contributed by atoms with Gasteiger partial charge in [0.2, 0.25) is 0 Å². The number of hydrogen-bond acceptors (Lipinski definition) is 5. The lowest BCUT2D eigenvalue weighted by Gasteiger charge is -2.13. The predicted molar refractivity (Wildman–Crippen MR) is 109 cm³/mol. The van der Waals surface area contributed by atoms with Crippen molar-refractivity contribution in [3.8, 4) is 0 Å². The number of nitrogens with zero attached hydrogens (tertiary/aromatic N) is 3. The van der Waals surface area contributed by atoms with Crippen LogP contribution >= 0.6 is 0 Å². The number of benzene rings is 2. The first kappa shape index (κ1) is 19.3. The first-order chi connectivity index (χ1) is 13.5. The molecule has 0 bridgehead atoms.